The molecule has 1 N–H and O–H groups in total. The maximum atomic E-state index is 13.7. The highest BCUT2D eigenvalue weighted by molar-refractivity contribution is 6.30. The Labute approximate surface area is 148 Å². The lowest BCUT2D eigenvalue weighted by Gasteiger charge is -2.14. The number of amides is 3. The lowest BCUT2D eigenvalue weighted by atomic mass is 10.1. The number of imide groups is 1. The molecule has 0 unspecified atom stereocenters. The third-order valence-corrected chi connectivity index (χ3v) is 4.14. The summed E-state index contributed by atoms with van der Waals surface area (Å²) in [5.41, 5.74) is 0.641. The zero-order valence-electron chi connectivity index (χ0n) is 13.1. The van der Waals surface area contributed by atoms with Crippen molar-refractivity contribution in [2.45, 2.75) is 6.42 Å². The molecular formula is C18H14ClFN2O3. The van der Waals surface area contributed by atoms with Crippen molar-refractivity contribution in [1.29, 1.82) is 0 Å². The molecule has 0 fully saturated rings. The second kappa shape index (κ2) is 7.03. The molecule has 2 aromatic rings. The van der Waals surface area contributed by atoms with Crippen molar-refractivity contribution < 1.29 is 18.8 Å². The van der Waals surface area contributed by atoms with Crippen LogP contribution in [-0.2, 0) is 11.2 Å². The molecular weight excluding hydrogens is 347 g/mol. The molecule has 128 valence electrons. The van der Waals surface area contributed by atoms with Crippen LogP contribution in [0, 0.1) is 5.82 Å². The van der Waals surface area contributed by atoms with Gasteiger partial charge in [-0.05, 0) is 29.8 Å². The van der Waals surface area contributed by atoms with Gasteiger partial charge in [0.25, 0.3) is 11.8 Å². The highest BCUT2D eigenvalue weighted by Gasteiger charge is 2.37. The van der Waals surface area contributed by atoms with E-state index in [4.69, 9.17) is 11.6 Å². The molecule has 0 spiro atoms. The smallest absolute Gasteiger partial charge is 0.264 e. The molecule has 1 heterocycles. The van der Waals surface area contributed by atoms with Gasteiger partial charge in [-0.1, -0.05) is 29.8 Å². The first-order valence-corrected chi connectivity index (χ1v) is 8.01. The molecule has 1 aliphatic rings. The molecule has 1 aliphatic heterocycles. The van der Waals surface area contributed by atoms with Gasteiger partial charge in [-0.3, -0.25) is 19.3 Å². The van der Waals surface area contributed by atoms with E-state index in [9.17, 15) is 18.8 Å². The Morgan fingerprint density at radius 3 is 2.48 bits per heavy atom. The average Bonchev–Trinajstić information content (AvgIpc) is 2.83. The number of halogens is 2. The fourth-order valence-corrected chi connectivity index (χ4v) is 2.78. The fourth-order valence-electron chi connectivity index (χ4n) is 2.65. The number of hydrogen-bond acceptors (Lipinski definition) is 3. The normalized spacial score (nSPS) is 13.1. The summed E-state index contributed by atoms with van der Waals surface area (Å²) < 4.78 is 13.7. The quantitative estimate of drug-likeness (QED) is 0.833. The van der Waals surface area contributed by atoms with E-state index in [0.29, 0.717) is 5.02 Å². The van der Waals surface area contributed by atoms with Gasteiger partial charge < -0.3 is 5.32 Å². The van der Waals surface area contributed by atoms with Crippen LogP contribution >= 0.6 is 11.6 Å². The molecule has 7 heteroatoms. The third kappa shape index (κ3) is 3.53. The summed E-state index contributed by atoms with van der Waals surface area (Å²) in [5.74, 6) is -2.19. The van der Waals surface area contributed by atoms with Crippen molar-refractivity contribution in [3.05, 3.63) is 70.0 Å². The van der Waals surface area contributed by atoms with E-state index in [1.165, 1.54) is 12.1 Å². The number of nitrogens with zero attached hydrogens (tertiary/aromatic N) is 1. The Balaban J connectivity index is 1.55. The number of fused-ring (bicyclic) bond motifs is 1. The van der Waals surface area contributed by atoms with Crippen LogP contribution in [0.1, 0.15) is 26.3 Å². The first-order chi connectivity index (χ1) is 12.0. The fraction of sp³-hybridized carbons (Fsp3) is 0.167. The van der Waals surface area contributed by atoms with E-state index in [2.05, 4.69) is 5.32 Å². The summed E-state index contributed by atoms with van der Waals surface area (Å²) in [6, 6.07) is 10.8. The molecule has 0 saturated heterocycles. The van der Waals surface area contributed by atoms with E-state index in [0.717, 1.165) is 16.5 Å². The summed E-state index contributed by atoms with van der Waals surface area (Å²) >= 11 is 5.78. The van der Waals surface area contributed by atoms with Gasteiger partial charge in [0.05, 0.1) is 17.5 Å². The molecule has 25 heavy (non-hydrogen) atoms. The molecule has 2 aromatic carbocycles. The lowest BCUT2D eigenvalue weighted by molar-refractivity contribution is -0.120. The first kappa shape index (κ1) is 17.1. The van der Waals surface area contributed by atoms with Crippen LogP contribution in [0.15, 0.2) is 42.5 Å². The van der Waals surface area contributed by atoms with Crippen molar-refractivity contribution in [2.24, 2.45) is 0 Å². The van der Waals surface area contributed by atoms with Crippen LogP contribution in [0.3, 0.4) is 0 Å². The summed E-state index contributed by atoms with van der Waals surface area (Å²) in [4.78, 5) is 37.2. The van der Waals surface area contributed by atoms with Gasteiger partial charge in [-0.15, -0.1) is 0 Å². The zero-order valence-corrected chi connectivity index (χ0v) is 13.8. The maximum absolute atomic E-state index is 13.7. The Morgan fingerprint density at radius 2 is 1.80 bits per heavy atom. The van der Waals surface area contributed by atoms with Crippen molar-refractivity contribution in [3.63, 3.8) is 0 Å². The van der Waals surface area contributed by atoms with Gasteiger partial charge in [-0.2, -0.15) is 0 Å². The van der Waals surface area contributed by atoms with E-state index in [-0.39, 0.29) is 36.5 Å². The Bertz CT molecular complexity index is 852. The predicted octanol–water partition coefficient (Wildman–Crippen LogP) is 2.43. The van der Waals surface area contributed by atoms with Crippen LogP contribution in [0.2, 0.25) is 5.02 Å². The monoisotopic (exact) mass is 360 g/mol. The predicted molar refractivity (Wildman–Crippen MR) is 89.9 cm³/mol. The number of benzene rings is 2. The molecule has 5 nitrogen and oxygen atoms in total. The van der Waals surface area contributed by atoms with Crippen LogP contribution in [0.5, 0.6) is 0 Å². The molecule has 3 amide bonds. The molecule has 3 rings (SSSR count). The minimum Gasteiger partial charge on any atom is -0.354 e. The third-order valence-electron chi connectivity index (χ3n) is 3.88. The maximum Gasteiger partial charge on any atom is 0.264 e. The standard InChI is InChI=1S/C18H14ClFN2O3/c19-12-6-4-11(5-7-12)10-15(23)21-8-9-22-17(24)13-2-1-3-14(20)16(13)18(22)25/h1-7H,8-10H2,(H,21,23). The van der Waals surface area contributed by atoms with Gasteiger partial charge >= 0.3 is 0 Å². The summed E-state index contributed by atoms with van der Waals surface area (Å²) in [7, 11) is 0. The van der Waals surface area contributed by atoms with E-state index >= 15 is 0 Å². The summed E-state index contributed by atoms with van der Waals surface area (Å²) in [6.45, 7) is 0.0810. The van der Waals surface area contributed by atoms with Crippen molar-refractivity contribution in [1.82, 2.24) is 10.2 Å². The molecule has 0 saturated carbocycles. The van der Waals surface area contributed by atoms with Crippen LogP contribution in [0.4, 0.5) is 4.39 Å². The zero-order chi connectivity index (χ0) is 18.0. The minimum absolute atomic E-state index is 0.0157. The molecule has 0 bridgehead atoms. The van der Waals surface area contributed by atoms with E-state index in [1.54, 1.807) is 24.3 Å². The van der Waals surface area contributed by atoms with Gasteiger partial charge in [0, 0.05) is 18.1 Å². The molecule has 0 aromatic heterocycles. The molecule has 0 aliphatic carbocycles. The number of nitrogens with one attached hydrogen (secondary N) is 1. The topological polar surface area (TPSA) is 66.5 Å². The van der Waals surface area contributed by atoms with Crippen LogP contribution < -0.4 is 5.32 Å². The van der Waals surface area contributed by atoms with Gasteiger partial charge in [-0.25, -0.2) is 4.39 Å². The van der Waals surface area contributed by atoms with Crippen molar-refractivity contribution in [2.75, 3.05) is 13.1 Å². The molecule has 0 radical (unpaired) electrons. The lowest BCUT2D eigenvalue weighted by Crippen LogP contribution is -2.38. The number of hydrogen-bond donors (Lipinski definition) is 1. The van der Waals surface area contributed by atoms with Crippen molar-refractivity contribution >= 4 is 29.3 Å². The Morgan fingerprint density at radius 1 is 1.08 bits per heavy atom. The summed E-state index contributed by atoms with van der Waals surface area (Å²) in [5, 5.41) is 3.23. The number of carbonyl (C=O) groups is 3. The largest absolute Gasteiger partial charge is 0.354 e. The van der Waals surface area contributed by atoms with Crippen LogP contribution in [0.25, 0.3) is 0 Å². The minimum atomic E-state index is -0.717. The summed E-state index contributed by atoms with van der Waals surface area (Å²) in [6.07, 6.45) is 0.161. The van der Waals surface area contributed by atoms with Crippen LogP contribution in [-0.4, -0.2) is 35.7 Å². The van der Waals surface area contributed by atoms with Gasteiger partial charge in [0.2, 0.25) is 5.91 Å². The van der Waals surface area contributed by atoms with Gasteiger partial charge in [0.15, 0.2) is 0 Å². The van der Waals surface area contributed by atoms with Crippen molar-refractivity contribution in [3.8, 4) is 0 Å². The second-order valence-corrected chi connectivity index (χ2v) is 6.01. The van der Waals surface area contributed by atoms with Gasteiger partial charge in [0.1, 0.15) is 5.82 Å². The Kier molecular flexibility index (Phi) is 4.81. The van der Waals surface area contributed by atoms with E-state index < -0.39 is 17.6 Å². The first-order valence-electron chi connectivity index (χ1n) is 7.63. The second-order valence-electron chi connectivity index (χ2n) is 5.58. The SMILES string of the molecule is O=C(Cc1ccc(Cl)cc1)NCCN1C(=O)c2cccc(F)c2C1=O. The number of carbonyl (C=O) groups excluding carboxylic acids is 3. The average molecular weight is 361 g/mol. The number of rotatable bonds is 5. The van der Waals surface area contributed by atoms with E-state index in [1.807, 2.05) is 0 Å². The highest BCUT2D eigenvalue weighted by atomic mass is 35.5. The molecule has 0 atom stereocenters. The Hall–Kier alpha value is -2.73. The highest BCUT2D eigenvalue weighted by Crippen LogP contribution is 2.24.